The van der Waals surface area contributed by atoms with Gasteiger partial charge in [-0.1, -0.05) is 5.10 Å². The maximum atomic E-state index is 5.51. The quantitative estimate of drug-likeness (QED) is 0.876. The van der Waals surface area contributed by atoms with Crippen molar-refractivity contribution in [1.82, 2.24) is 20.5 Å². The van der Waals surface area contributed by atoms with E-state index in [4.69, 9.17) is 4.42 Å². The molecule has 2 heterocycles. The van der Waals surface area contributed by atoms with Crippen molar-refractivity contribution >= 4 is 17.4 Å². The van der Waals surface area contributed by atoms with Gasteiger partial charge in [0.15, 0.2) is 0 Å². The molecule has 0 aromatic carbocycles. The molecular weight excluding hydrogens is 262 g/mol. The standard InChI is InChI=1S/C12H19N5OS/c1-8-9(19-7-14-8)5-13-11-17-16-10(18-11)6-15-12(2,3)4/h7,15H,5-6H2,1-4H3,(H,13,17). The maximum Gasteiger partial charge on any atom is 0.315 e. The first-order valence-corrected chi connectivity index (χ1v) is 7.02. The summed E-state index contributed by atoms with van der Waals surface area (Å²) in [6.07, 6.45) is 0. The molecule has 0 aliphatic carbocycles. The molecule has 0 atom stereocenters. The number of aromatic nitrogens is 3. The van der Waals surface area contributed by atoms with Gasteiger partial charge in [0.05, 0.1) is 24.3 Å². The zero-order chi connectivity index (χ0) is 13.9. The molecule has 0 aliphatic heterocycles. The number of thiazole rings is 1. The third-order valence-corrected chi connectivity index (χ3v) is 3.42. The summed E-state index contributed by atoms with van der Waals surface area (Å²) in [5, 5.41) is 14.4. The van der Waals surface area contributed by atoms with E-state index in [1.807, 2.05) is 12.4 Å². The molecule has 0 radical (unpaired) electrons. The minimum absolute atomic E-state index is 0.0296. The van der Waals surface area contributed by atoms with Gasteiger partial charge < -0.3 is 15.1 Å². The number of hydrogen-bond acceptors (Lipinski definition) is 7. The molecule has 6 nitrogen and oxygen atoms in total. The molecule has 0 saturated carbocycles. The van der Waals surface area contributed by atoms with Gasteiger partial charge in [-0.2, -0.15) is 0 Å². The summed E-state index contributed by atoms with van der Waals surface area (Å²) in [7, 11) is 0. The third-order valence-electron chi connectivity index (χ3n) is 2.48. The van der Waals surface area contributed by atoms with E-state index >= 15 is 0 Å². The summed E-state index contributed by atoms with van der Waals surface area (Å²) in [6, 6.07) is 0.443. The largest absolute Gasteiger partial charge is 0.407 e. The van der Waals surface area contributed by atoms with E-state index in [1.165, 1.54) is 4.88 Å². The molecule has 0 fully saturated rings. The van der Waals surface area contributed by atoms with Gasteiger partial charge in [-0.15, -0.1) is 16.4 Å². The SMILES string of the molecule is Cc1ncsc1CNc1nnc(CNC(C)(C)C)o1. The minimum atomic E-state index is 0.0296. The van der Waals surface area contributed by atoms with Crippen LogP contribution in [0.5, 0.6) is 0 Å². The Hall–Kier alpha value is -1.47. The smallest absolute Gasteiger partial charge is 0.315 e. The number of anilines is 1. The number of nitrogens with one attached hydrogen (secondary N) is 2. The molecule has 0 unspecified atom stereocenters. The highest BCUT2D eigenvalue weighted by Crippen LogP contribution is 2.14. The Bertz CT molecular complexity index is 528. The highest BCUT2D eigenvalue weighted by atomic mass is 32.1. The van der Waals surface area contributed by atoms with Gasteiger partial charge in [0, 0.05) is 10.4 Å². The summed E-state index contributed by atoms with van der Waals surface area (Å²) in [5.74, 6) is 0.582. The van der Waals surface area contributed by atoms with Gasteiger partial charge in [-0.05, 0) is 27.7 Å². The summed E-state index contributed by atoms with van der Waals surface area (Å²) in [4.78, 5) is 5.37. The van der Waals surface area contributed by atoms with Gasteiger partial charge in [0.25, 0.3) is 0 Å². The lowest BCUT2D eigenvalue weighted by atomic mass is 10.1. The van der Waals surface area contributed by atoms with Crippen LogP contribution in [-0.2, 0) is 13.1 Å². The molecule has 0 aliphatic rings. The topological polar surface area (TPSA) is 75.9 Å². The highest BCUT2D eigenvalue weighted by Gasteiger charge is 2.12. The van der Waals surface area contributed by atoms with Gasteiger partial charge in [0.2, 0.25) is 5.89 Å². The Balaban J connectivity index is 1.86. The number of aryl methyl sites for hydroxylation is 1. The number of nitrogens with zero attached hydrogens (tertiary/aromatic N) is 3. The fraction of sp³-hybridized carbons (Fsp3) is 0.583. The van der Waals surface area contributed by atoms with Crippen LogP contribution in [0, 0.1) is 6.92 Å². The van der Waals surface area contributed by atoms with Gasteiger partial charge in [0.1, 0.15) is 0 Å². The lowest BCUT2D eigenvalue weighted by Crippen LogP contribution is -2.35. The number of hydrogen-bond donors (Lipinski definition) is 2. The van der Waals surface area contributed by atoms with Crippen LogP contribution in [0.4, 0.5) is 6.01 Å². The van der Waals surface area contributed by atoms with E-state index < -0.39 is 0 Å². The number of rotatable bonds is 5. The average molecular weight is 281 g/mol. The van der Waals surface area contributed by atoms with Crippen molar-refractivity contribution in [2.24, 2.45) is 0 Å². The minimum Gasteiger partial charge on any atom is -0.407 e. The van der Waals surface area contributed by atoms with Gasteiger partial charge in [-0.3, -0.25) is 0 Å². The summed E-state index contributed by atoms with van der Waals surface area (Å²) < 4.78 is 5.51. The molecule has 2 aromatic heterocycles. The molecule has 0 bridgehead atoms. The molecular formula is C12H19N5OS. The van der Waals surface area contributed by atoms with Gasteiger partial charge in [-0.25, -0.2) is 4.98 Å². The van der Waals surface area contributed by atoms with Crippen molar-refractivity contribution in [3.8, 4) is 0 Å². The third kappa shape index (κ3) is 4.29. The van der Waals surface area contributed by atoms with Crippen LogP contribution in [-0.4, -0.2) is 20.7 Å². The highest BCUT2D eigenvalue weighted by molar-refractivity contribution is 7.09. The van der Waals surface area contributed by atoms with E-state index in [9.17, 15) is 0 Å². The lowest BCUT2D eigenvalue weighted by molar-refractivity contribution is 0.383. The maximum absolute atomic E-state index is 5.51. The van der Waals surface area contributed by atoms with Crippen LogP contribution in [0.2, 0.25) is 0 Å². The Morgan fingerprint density at radius 3 is 2.68 bits per heavy atom. The van der Waals surface area contributed by atoms with Crippen molar-refractivity contribution in [3.63, 3.8) is 0 Å². The summed E-state index contributed by atoms with van der Waals surface area (Å²) >= 11 is 1.61. The lowest BCUT2D eigenvalue weighted by Gasteiger charge is -2.18. The van der Waals surface area contributed by atoms with Crippen molar-refractivity contribution < 1.29 is 4.42 Å². The van der Waals surface area contributed by atoms with E-state index in [0.717, 1.165) is 5.69 Å². The van der Waals surface area contributed by atoms with E-state index in [0.29, 0.717) is 25.0 Å². The van der Waals surface area contributed by atoms with E-state index in [1.54, 1.807) is 11.3 Å². The van der Waals surface area contributed by atoms with Crippen molar-refractivity contribution in [2.75, 3.05) is 5.32 Å². The molecule has 2 aromatic rings. The fourth-order valence-corrected chi connectivity index (χ4v) is 2.11. The van der Waals surface area contributed by atoms with Crippen LogP contribution in [0.1, 0.15) is 37.2 Å². The summed E-state index contributed by atoms with van der Waals surface area (Å²) in [6.45, 7) is 9.49. The predicted octanol–water partition coefficient (Wildman–Crippen LogP) is 2.33. The van der Waals surface area contributed by atoms with E-state index in [-0.39, 0.29) is 5.54 Å². The zero-order valence-corrected chi connectivity index (χ0v) is 12.5. The first kappa shape index (κ1) is 14.0. The molecule has 104 valence electrons. The molecule has 2 N–H and O–H groups in total. The average Bonchev–Trinajstić information content (AvgIpc) is 2.92. The Morgan fingerprint density at radius 1 is 1.26 bits per heavy atom. The monoisotopic (exact) mass is 281 g/mol. The first-order valence-electron chi connectivity index (χ1n) is 6.14. The normalized spacial score (nSPS) is 11.8. The van der Waals surface area contributed by atoms with Crippen LogP contribution in [0.25, 0.3) is 0 Å². The second-order valence-corrected chi connectivity index (χ2v) is 6.26. The van der Waals surface area contributed by atoms with Crippen LogP contribution < -0.4 is 10.6 Å². The predicted molar refractivity (Wildman–Crippen MR) is 75.1 cm³/mol. The fourth-order valence-electron chi connectivity index (χ4n) is 1.39. The summed E-state index contributed by atoms with van der Waals surface area (Å²) in [5.41, 5.74) is 2.90. The molecule has 0 amide bonds. The second-order valence-electron chi connectivity index (χ2n) is 5.32. The molecule has 19 heavy (non-hydrogen) atoms. The van der Waals surface area contributed by atoms with Crippen molar-refractivity contribution in [3.05, 3.63) is 22.0 Å². The Labute approximate surface area is 116 Å². The van der Waals surface area contributed by atoms with Crippen molar-refractivity contribution in [2.45, 2.75) is 46.3 Å². The Morgan fingerprint density at radius 2 is 2.05 bits per heavy atom. The van der Waals surface area contributed by atoms with Gasteiger partial charge >= 0.3 is 6.01 Å². The molecule has 0 saturated heterocycles. The zero-order valence-electron chi connectivity index (χ0n) is 11.6. The molecule has 2 rings (SSSR count). The van der Waals surface area contributed by atoms with Crippen molar-refractivity contribution in [1.29, 1.82) is 0 Å². The molecule has 7 heteroatoms. The first-order chi connectivity index (χ1) is 8.94. The second kappa shape index (κ2) is 5.66. The molecule has 0 spiro atoms. The van der Waals surface area contributed by atoms with Crippen LogP contribution in [0.3, 0.4) is 0 Å². The van der Waals surface area contributed by atoms with Crippen LogP contribution >= 0.6 is 11.3 Å². The van der Waals surface area contributed by atoms with Crippen LogP contribution in [0.15, 0.2) is 9.93 Å². The Kier molecular flexibility index (Phi) is 4.16. The van der Waals surface area contributed by atoms with E-state index in [2.05, 4.69) is 46.6 Å².